The summed E-state index contributed by atoms with van der Waals surface area (Å²) in [6.07, 6.45) is -0.595. The molecule has 13 heteroatoms. The van der Waals surface area contributed by atoms with Crippen LogP contribution in [0.4, 0.5) is 5.95 Å². The molecule has 230 valence electrons. The second kappa shape index (κ2) is 13.5. The van der Waals surface area contributed by atoms with Crippen LogP contribution in [0.1, 0.15) is 24.3 Å². The number of nitrogens with zero attached hydrogens (tertiary/aromatic N) is 5. The topological polar surface area (TPSA) is 120 Å². The summed E-state index contributed by atoms with van der Waals surface area (Å²) in [7, 11) is -2.85. The number of hydrogen-bond donors (Lipinski definition) is 1. The van der Waals surface area contributed by atoms with Crippen LogP contribution < -0.4 is 13.8 Å². The molecule has 2 aromatic carbocycles. The Balaban J connectivity index is 1.95. The molecule has 0 amide bonds. The minimum Gasteiger partial charge on any atom is -0.494 e. The zero-order valence-corrected chi connectivity index (χ0v) is 27.9. The van der Waals surface area contributed by atoms with Crippen LogP contribution in [-0.2, 0) is 16.4 Å². The molecule has 0 aliphatic heterocycles. The lowest BCUT2D eigenvalue weighted by Gasteiger charge is -2.28. The van der Waals surface area contributed by atoms with Crippen molar-refractivity contribution in [2.45, 2.75) is 45.1 Å². The minimum absolute atomic E-state index is 0.0445. The maximum Gasteiger partial charge on any atom is 0.246 e. The molecular formula is C30H38ClN5O5SSi. The van der Waals surface area contributed by atoms with Gasteiger partial charge in [-0.3, -0.25) is 4.57 Å². The summed E-state index contributed by atoms with van der Waals surface area (Å²) in [5.41, 5.74) is 2.22. The zero-order chi connectivity index (χ0) is 31.4. The first-order valence-corrected chi connectivity index (χ1v) is 19.6. The van der Waals surface area contributed by atoms with Crippen LogP contribution in [0.2, 0.25) is 30.7 Å². The van der Waals surface area contributed by atoms with Gasteiger partial charge in [0.2, 0.25) is 16.0 Å². The van der Waals surface area contributed by atoms with E-state index < -0.39 is 30.0 Å². The van der Waals surface area contributed by atoms with E-state index in [-0.39, 0.29) is 12.5 Å². The fourth-order valence-electron chi connectivity index (χ4n) is 4.53. The highest BCUT2D eigenvalue weighted by atomic mass is 35.5. The number of benzene rings is 2. The van der Waals surface area contributed by atoms with Gasteiger partial charge in [-0.05, 0) is 54.4 Å². The number of sulfonamides is 1. The number of rotatable bonds is 13. The molecule has 0 radical (unpaired) electrons. The van der Waals surface area contributed by atoms with Crippen molar-refractivity contribution in [2.24, 2.45) is 0 Å². The fourth-order valence-corrected chi connectivity index (χ4v) is 7.22. The highest BCUT2D eigenvalue weighted by Gasteiger charge is 2.34. The lowest BCUT2D eigenvalue weighted by atomic mass is 10.1. The van der Waals surface area contributed by atoms with Gasteiger partial charge < -0.3 is 14.6 Å². The first-order valence-electron chi connectivity index (χ1n) is 14.0. The van der Waals surface area contributed by atoms with Crippen molar-refractivity contribution < 1.29 is 23.0 Å². The van der Waals surface area contributed by atoms with Crippen LogP contribution in [0.3, 0.4) is 0 Å². The highest BCUT2D eigenvalue weighted by Crippen LogP contribution is 2.39. The maximum absolute atomic E-state index is 14.2. The van der Waals surface area contributed by atoms with Gasteiger partial charge in [-0.2, -0.15) is 0 Å². The molecule has 2 aromatic heterocycles. The van der Waals surface area contributed by atoms with Gasteiger partial charge in [-0.15, -0.1) is 10.2 Å². The molecule has 4 aromatic rings. The van der Waals surface area contributed by atoms with Crippen LogP contribution in [0.5, 0.6) is 11.5 Å². The molecule has 4 rings (SSSR count). The van der Waals surface area contributed by atoms with Gasteiger partial charge in [-0.25, -0.2) is 17.7 Å². The van der Waals surface area contributed by atoms with Crippen molar-refractivity contribution in [3.63, 3.8) is 0 Å². The molecule has 0 fully saturated rings. The molecule has 0 saturated heterocycles. The average Bonchev–Trinajstić information content (AvgIpc) is 3.40. The van der Waals surface area contributed by atoms with Crippen LogP contribution in [0, 0.1) is 0 Å². The molecule has 1 N–H and O–H groups in total. The van der Waals surface area contributed by atoms with Gasteiger partial charge in [0.05, 0.1) is 26.1 Å². The summed E-state index contributed by atoms with van der Waals surface area (Å²) in [5.74, 6) is 0.645. The Morgan fingerprint density at radius 1 is 0.977 bits per heavy atom. The monoisotopic (exact) mass is 643 g/mol. The van der Waals surface area contributed by atoms with Gasteiger partial charge in [0.1, 0.15) is 22.9 Å². The van der Waals surface area contributed by atoms with Gasteiger partial charge in [0.25, 0.3) is 0 Å². The van der Waals surface area contributed by atoms with E-state index in [1.165, 1.54) is 18.5 Å². The Labute approximate surface area is 259 Å². The van der Waals surface area contributed by atoms with E-state index in [9.17, 15) is 13.5 Å². The number of aryl methyl sites for hydroxylation is 1. The van der Waals surface area contributed by atoms with Crippen LogP contribution >= 0.6 is 11.6 Å². The first kappa shape index (κ1) is 32.5. The quantitative estimate of drug-likeness (QED) is 0.182. The van der Waals surface area contributed by atoms with Gasteiger partial charge in [0, 0.05) is 25.3 Å². The molecule has 1 atom stereocenters. The maximum atomic E-state index is 14.2. The lowest BCUT2D eigenvalue weighted by Crippen LogP contribution is -2.40. The summed E-state index contributed by atoms with van der Waals surface area (Å²) in [6, 6.07) is 18.0. The third-order valence-corrected chi connectivity index (χ3v) is 10.6. The molecular weight excluding hydrogens is 606 g/mol. The summed E-state index contributed by atoms with van der Waals surface area (Å²) < 4.78 is 42.8. The highest BCUT2D eigenvalue weighted by molar-refractivity contribution is 7.92. The number of hydrogen-bond acceptors (Lipinski definition) is 8. The summed E-state index contributed by atoms with van der Waals surface area (Å²) in [4.78, 5) is 4.76. The fraction of sp³-hybridized carbons (Fsp3) is 0.367. The molecule has 0 aliphatic carbocycles. The molecule has 43 heavy (non-hydrogen) atoms. The third kappa shape index (κ3) is 7.56. The number of aliphatic hydroxyl groups excluding tert-OH is 1. The number of methoxy groups -OCH3 is 2. The predicted octanol–water partition coefficient (Wildman–Crippen LogP) is 5.77. The number of aliphatic hydroxyl groups is 1. The molecule has 0 aliphatic rings. The number of pyridine rings is 1. The molecule has 0 bridgehead atoms. The Kier molecular flexibility index (Phi) is 10.2. The number of aromatic nitrogens is 4. The van der Waals surface area contributed by atoms with Crippen molar-refractivity contribution in [3.05, 3.63) is 76.9 Å². The second-order valence-corrected chi connectivity index (χ2v) is 19.3. The van der Waals surface area contributed by atoms with E-state index in [0.29, 0.717) is 51.8 Å². The Hall–Kier alpha value is -3.45. The standard InChI is InChI=1S/C30H38ClN5O5SSi/c1-7-23-10-8-11-24(32-23)29-33-34-30(36(29)28-26(40-2)12-9-13-27(28)41-3)35(18-19-43(4,5)6)42(38,39)20-25(37)21-14-16-22(31)17-15-21/h8-17,25,37H,7,18-20H2,1-6H3/t25-/m0/s1. The lowest BCUT2D eigenvalue weighted by molar-refractivity contribution is 0.201. The number of ether oxygens (including phenoxy) is 2. The third-order valence-electron chi connectivity index (χ3n) is 6.92. The Bertz CT molecular complexity index is 1640. The number of halogens is 1. The SMILES string of the molecule is CCc1cccc(-c2nnc(N(CC[Si](C)(C)C)S(=O)(=O)C[C@H](O)c3ccc(Cl)cc3)n2-c2c(OC)cccc2OC)n1. The van der Waals surface area contributed by atoms with Crippen molar-refractivity contribution in [2.75, 3.05) is 30.8 Å². The van der Waals surface area contributed by atoms with Gasteiger partial charge >= 0.3 is 0 Å². The van der Waals surface area contributed by atoms with E-state index in [1.54, 1.807) is 53.1 Å². The minimum atomic E-state index is -4.16. The van der Waals surface area contributed by atoms with Crippen molar-refractivity contribution in [1.82, 2.24) is 19.7 Å². The van der Waals surface area contributed by atoms with Crippen LogP contribution in [0.15, 0.2) is 60.7 Å². The van der Waals surface area contributed by atoms with E-state index in [1.807, 2.05) is 19.1 Å². The normalized spacial score (nSPS) is 12.7. The smallest absolute Gasteiger partial charge is 0.246 e. The molecule has 0 unspecified atom stereocenters. The van der Waals surface area contributed by atoms with Crippen molar-refractivity contribution >= 4 is 35.6 Å². The zero-order valence-electron chi connectivity index (χ0n) is 25.3. The average molecular weight is 644 g/mol. The van der Waals surface area contributed by atoms with E-state index >= 15 is 0 Å². The van der Waals surface area contributed by atoms with Gasteiger partial charge in [-0.1, -0.05) is 62.4 Å². The Morgan fingerprint density at radius 3 is 2.19 bits per heavy atom. The first-order chi connectivity index (χ1) is 20.4. The van der Waals surface area contributed by atoms with E-state index in [2.05, 4.69) is 29.8 Å². The predicted molar refractivity (Wildman–Crippen MR) is 173 cm³/mol. The van der Waals surface area contributed by atoms with E-state index in [4.69, 9.17) is 26.1 Å². The van der Waals surface area contributed by atoms with E-state index in [0.717, 1.165) is 5.69 Å². The van der Waals surface area contributed by atoms with Crippen LogP contribution in [-0.4, -0.2) is 67.9 Å². The number of anilines is 1. The summed E-state index contributed by atoms with van der Waals surface area (Å²) in [5, 5.41) is 20.5. The molecule has 0 spiro atoms. The molecule has 2 heterocycles. The van der Waals surface area contributed by atoms with Crippen molar-refractivity contribution in [3.8, 4) is 28.7 Å². The van der Waals surface area contributed by atoms with Gasteiger partial charge in [0.15, 0.2) is 5.82 Å². The summed E-state index contributed by atoms with van der Waals surface area (Å²) >= 11 is 6.01. The second-order valence-electron chi connectivity index (χ2n) is 11.3. The molecule has 0 saturated carbocycles. The van der Waals surface area contributed by atoms with Crippen molar-refractivity contribution in [1.29, 1.82) is 0 Å². The number of para-hydroxylation sites is 1. The molecule has 10 nitrogen and oxygen atoms in total. The summed E-state index contributed by atoms with van der Waals surface area (Å²) in [6.45, 7) is 8.64. The largest absolute Gasteiger partial charge is 0.494 e. The van der Waals surface area contributed by atoms with Crippen LogP contribution in [0.25, 0.3) is 17.2 Å². The Morgan fingerprint density at radius 2 is 1.60 bits per heavy atom.